The number of hydrogen-bond acceptors (Lipinski definition) is 4. The lowest BCUT2D eigenvalue weighted by Crippen LogP contribution is -1.85. The zero-order valence-corrected chi connectivity index (χ0v) is 9.41. The van der Waals surface area contributed by atoms with Crippen LogP contribution in [0.15, 0.2) is 23.1 Å². The third-order valence-corrected chi connectivity index (χ3v) is 3.86. The Hall–Kier alpha value is -0.710. The van der Waals surface area contributed by atoms with Gasteiger partial charge in [0.15, 0.2) is 0 Å². The number of fused-ring (bicyclic) bond motifs is 1. The smallest absolute Gasteiger partial charge is 0.0868 e. The lowest BCUT2D eigenvalue weighted by molar-refractivity contribution is 0.279. The minimum atomic E-state index is 0.0852. The maximum absolute atomic E-state index is 9.17. The second-order valence-electron chi connectivity index (χ2n) is 3.01. The van der Waals surface area contributed by atoms with Gasteiger partial charge in [0.2, 0.25) is 0 Å². The van der Waals surface area contributed by atoms with Gasteiger partial charge in [-0.3, -0.25) is 0 Å². The Morgan fingerprint density at radius 3 is 2.86 bits per heavy atom. The third-order valence-electron chi connectivity index (χ3n) is 2.11. The van der Waals surface area contributed by atoms with Crippen LogP contribution in [0.25, 0.3) is 10.1 Å². The van der Waals surface area contributed by atoms with E-state index in [-0.39, 0.29) is 6.61 Å². The Balaban J connectivity index is 2.68. The molecule has 0 aliphatic carbocycles. The molecule has 0 aliphatic heterocycles. The summed E-state index contributed by atoms with van der Waals surface area (Å²) in [6.45, 7) is 0.0852. The molecule has 0 spiro atoms. The largest absolute Gasteiger partial charge is 0.392 e. The molecule has 0 saturated heterocycles. The predicted molar refractivity (Wildman–Crippen MR) is 63.9 cm³/mol. The van der Waals surface area contributed by atoms with Gasteiger partial charge in [0.25, 0.3) is 0 Å². The zero-order chi connectivity index (χ0) is 10.1. The van der Waals surface area contributed by atoms with Crippen LogP contribution in [-0.4, -0.2) is 11.4 Å². The van der Waals surface area contributed by atoms with Crippen LogP contribution in [0.5, 0.6) is 0 Å². The van der Waals surface area contributed by atoms with Crippen molar-refractivity contribution in [3.8, 4) is 0 Å². The lowest BCUT2D eigenvalue weighted by atomic mass is 10.2. The normalized spacial score (nSPS) is 11.0. The van der Waals surface area contributed by atoms with Gasteiger partial charge in [0.1, 0.15) is 0 Å². The number of nitrogen functional groups attached to an aromatic ring is 1. The molecule has 0 radical (unpaired) electrons. The van der Waals surface area contributed by atoms with Gasteiger partial charge in [0, 0.05) is 9.60 Å². The Kier molecular flexibility index (Phi) is 2.67. The molecule has 14 heavy (non-hydrogen) atoms. The number of nitrogens with two attached hydrogens (primary N) is 1. The second-order valence-corrected chi connectivity index (χ2v) is 4.97. The summed E-state index contributed by atoms with van der Waals surface area (Å²) in [6, 6.07) is 6.05. The van der Waals surface area contributed by atoms with E-state index in [9.17, 15) is 5.11 Å². The predicted octanol–water partition coefficient (Wildman–Crippen LogP) is 2.70. The molecule has 0 aliphatic rings. The van der Waals surface area contributed by atoms with E-state index in [0.29, 0.717) is 0 Å². The molecule has 0 fully saturated rings. The number of thiophene rings is 1. The molecule has 2 rings (SSSR count). The van der Waals surface area contributed by atoms with Crippen molar-refractivity contribution in [2.45, 2.75) is 11.5 Å². The van der Waals surface area contributed by atoms with Gasteiger partial charge in [0.05, 0.1) is 11.6 Å². The molecule has 0 amide bonds. The van der Waals surface area contributed by atoms with Crippen LogP contribution in [0.4, 0.5) is 5.00 Å². The van der Waals surface area contributed by atoms with Crippen LogP contribution in [0.2, 0.25) is 0 Å². The molecule has 2 nitrogen and oxygen atoms in total. The van der Waals surface area contributed by atoms with Crippen molar-refractivity contribution in [3.63, 3.8) is 0 Å². The molecule has 4 heteroatoms. The lowest BCUT2D eigenvalue weighted by Gasteiger charge is -2.03. The first-order valence-electron chi connectivity index (χ1n) is 4.21. The van der Waals surface area contributed by atoms with Crippen molar-refractivity contribution in [2.24, 2.45) is 0 Å². The summed E-state index contributed by atoms with van der Waals surface area (Å²) in [4.78, 5) is 1.13. The fraction of sp³-hybridized carbons (Fsp3) is 0.200. The summed E-state index contributed by atoms with van der Waals surface area (Å²) in [5.41, 5.74) is 6.70. The van der Waals surface area contributed by atoms with Gasteiger partial charge < -0.3 is 10.8 Å². The molecular weight excluding hydrogens is 214 g/mol. The molecule has 2 aromatic rings. The second kappa shape index (κ2) is 3.81. The van der Waals surface area contributed by atoms with Crippen LogP contribution in [0, 0.1) is 0 Å². The summed E-state index contributed by atoms with van der Waals surface area (Å²) in [5, 5.41) is 11.1. The monoisotopic (exact) mass is 225 g/mol. The maximum atomic E-state index is 9.17. The van der Waals surface area contributed by atoms with Crippen LogP contribution in [-0.2, 0) is 6.61 Å². The Morgan fingerprint density at radius 1 is 1.43 bits per heavy atom. The summed E-state index contributed by atoms with van der Waals surface area (Å²) in [7, 11) is 0. The molecule has 0 unspecified atom stereocenters. The standard InChI is InChI=1S/C10H11NOS2/c1-13-8-4-9-6(2-7(8)5-12)3-10(11)14-9/h2-4,12H,5,11H2,1H3. The molecule has 1 aromatic heterocycles. The van der Waals surface area contributed by atoms with Gasteiger partial charge in [-0.25, -0.2) is 0 Å². The third kappa shape index (κ3) is 1.61. The van der Waals surface area contributed by atoms with E-state index in [1.807, 2.05) is 18.4 Å². The van der Waals surface area contributed by atoms with Gasteiger partial charge in [-0.15, -0.1) is 23.1 Å². The molecule has 0 atom stereocenters. The molecule has 3 N–H and O–H groups in total. The van der Waals surface area contributed by atoms with Crippen molar-refractivity contribution in [1.29, 1.82) is 0 Å². The summed E-state index contributed by atoms with van der Waals surface area (Å²) < 4.78 is 1.18. The van der Waals surface area contributed by atoms with E-state index >= 15 is 0 Å². The first-order valence-corrected chi connectivity index (χ1v) is 6.25. The fourth-order valence-corrected chi connectivity index (χ4v) is 3.00. The average molecular weight is 225 g/mol. The van der Waals surface area contributed by atoms with Gasteiger partial charge >= 0.3 is 0 Å². The van der Waals surface area contributed by atoms with Crippen molar-refractivity contribution in [1.82, 2.24) is 0 Å². The summed E-state index contributed by atoms with van der Waals surface area (Å²) in [6.07, 6.45) is 2.01. The van der Waals surface area contributed by atoms with E-state index in [0.717, 1.165) is 20.8 Å². The van der Waals surface area contributed by atoms with Crippen molar-refractivity contribution >= 4 is 38.2 Å². The van der Waals surface area contributed by atoms with E-state index < -0.39 is 0 Å². The van der Waals surface area contributed by atoms with Gasteiger partial charge in [-0.1, -0.05) is 0 Å². The molecule has 0 saturated carbocycles. The SMILES string of the molecule is CSc1cc2sc(N)cc2cc1CO. The molecule has 0 bridgehead atoms. The Bertz CT molecular complexity index is 423. The number of rotatable bonds is 2. The van der Waals surface area contributed by atoms with Crippen molar-refractivity contribution in [3.05, 3.63) is 23.8 Å². The minimum Gasteiger partial charge on any atom is -0.392 e. The van der Waals surface area contributed by atoms with E-state index in [4.69, 9.17) is 5.73 Å². The van der Waals surface area contributed by atoms with Crippen LogP contribution in [0.3, 0.4) is 0 Å². The number of thioether (sulfide) groups is 1. The van der Waals surface area contributed by atoms with Crippen LogP contribution in [0.1, 0.15) is 5.56 Å². The number of aliphatic hydroxyl groups is 1. The number of benzene rings is 1. The Labute approximate surface area is 90.7 Å². The molecule has 1 heterocycles. The van der Waals surface area contributed by atoms with Gasteiger partial charge in [-0.05, 0) is 35.4 Å². The summed E-state index contributed by atoms with van der Waals surface area (Å²) in [5.74, 6) is 0. The first kappa shape index (κ1) is 9.83. The average Bonchev–Trinajstić information content (AvgIpc) is 2.54. The highest BCUT2D eigenvalue weighted by Crippen LogP contribution is 2.33. The highest BCUT2D eigenvalue weighted by Gasteiger charge is 2.05. The quantitative estimate of drug-likeness (QED) is 0.772. The minimum absolute atomic E-state index is 0.0852. The fourth-order valence-electron chi connectivity index (χ4n) is 1.45. The first-order chi connectivity index (χ1) is 6.74. The molecular formula is C10H11NOS2. The number of anilines is 1. The summed E-state index contributed by atoms with van der Waals surface area (Å²) >= 11 is 3.23. The highest BCUT2D eigenvalue weighted by molar-refractivity contribution is 7.98. The topological polar surface area (TPSA) is 46.2 Å². The molecule has 1 aromatic carbocycles. The van der Waals surface area contributed by atoms with Crippen molar-refractivity contribution < 1.29 is 5.11 Å². The van der Waals surface area contributed by atoms with Crippen molar-refractivity contribution in [2.75, 3.05) is 12.0 Å². The molecule has 74 valence electrons. The van der Waals surface area contributed by atoms with Crippen LogP contribution < -0.4 is 5.73 Å². The maximum Gasteiger partial charge on any atom is 0.0868 e. The number of hydrogen-bond donors (Lipinski definition) is 2. The highest BCUT2D eigenvalue weighted by atomic mass is 32.2. The van der Waals surface area contributed by atoms with E-state index in [1.165, 1.54) is 4.70 Å². The number of aliphatic hydroxyl groups excluding tert-OH is 1. The van der Waals surface area contributed by atoms with E-state index in [2.05, 4.69) is 6.07 Å². The van der Waals surface area contributed by atoms with E-state index in [1.54, 1.807) is 23.1 Å². The Morgan fingerprint density at radius 2 is 2.21 bits per heavy atom. The zero-order valence-electron chi connectivity index (χ0n) is 7.78. The van der Waals surface area contributed by atoms with Gasteiger partial charge in [-0.2, -0.15) is 0 Å². The van der Waals surface area contributed by atoms with Crippen LogP contribution >= 0.6 is 23.1 Å².